The lowest BCUT2D eigenvalue weighted by molar-refractivity contribution is -0.139. The van der Waals surface area contributed by atoms with Crippen molar-refractivity contribution in [1.82, 2.24) is 5.32 Å². The van der Waals surface area contributed by atoms with Crippen molar-refractivity contribution in [1.29, 1.82) is 0 Å². The summed E-state index contributed by atoms with van der Waals surface area (Å²) < 4.78 is 9.53. The number of nitrogens with one attached hydrogen (secondary N) is 1. The van der Waals surface area contributed by atoms with Crippen molar-refractivity contribution in [2.24, 2.45) is 0 Å². The zero-order valence-electron chi connectivity index (χ0n) is 12.4. The van der Waals surface area contributed by atoms with Crippen LogP contribution in [0, 0.1) is 0 Å². The quantitative estimate of drug-likeness (QED) is 0.603. The van der Waals surface area contributed by atoms with Crippen molar-refractivity contribution in [3.05, 3.63) is 22.8 Å². The molecule has 0 aromatic heterocycles. The monoisotopic (exact) mass is 359 g/mol. The molecule has 0 heterocycles. The highest BCUT2D eigenvalue weighted by atomic mass is 79.9. The Balaban J connectivity index is 3.50. The highest BCUT2D eigenvalue weighted by Crippen LogP contribution is 2.32. The summed E-state index contributed by atoms with van der Waals surface area (Å²) in [5, 5.41) is 2.65. The molecule has 0 saturated carbocycles. The third kappa shape index (κ3) is 3.72. The maximum absolute atomic E-state index is 12.1. The van der Waals surface area contributed by atoms with Crippen molar-refractivity contribution in [3.63, 3.8) is 0 Å². The first-order chi connectivity index (χ1) is 9.87. The number of methoxy groups -OCH3 is 2. The molecule has 0 aliphatic heterocycles. The van der Waals surface area contributed by atoms with Gasteiger partial charge in [-0.1, -0.05) is 28.9 Å². The molecule has 116 valence electrons. The van der Waals surface area contributed by atoms with Gasteiger partial charge < -0.3 is 14.8 Å². The van der Waals surface area contributed by atoms with Crippen LogP contribution in [0.25, 0.3) is 0 Å². The van der Waals surface area contributed by atoms with Crippen LogP contribution in [0.15, 0.2) is 22.8 Å². The second-order valence-electron chi connectivity index (χ2n) is 4.44. The average molecular weight is 360 g/mol. The van der Waals surface area contributed by atoms with E-state index in [1.165, 1.54) is 21.1 Å². The van der Waals surface area contributed by atoms with Crippen molar-refractivity contribution >= 4 is 33.8 Å². The summed E-state index contributed by atoms with van der Waals surface area (Å²) in [5.74, 6) is -1.61. The second-order valence-corrected chi connectivity index (χ2v) is 5.50. The fraction of sp³-hybridized carbons (Fsp3) is 0.500. The maximum atomic E-state index is 12.1. The van der Waals surface area contributed by atoms with E-state index in [0.717, 1.165) is 0 Å². The summed E-state index contributed by atoms with van der Waals surface area (Å²) >= 11 is 3.42. The molecular formula is C14H18BrNO5. The molecule has 0 fully saturated rings. The first-order valence-corrected chi connectivity index (χ1v) is 7.31. The number of rotatable bonds is 4. The van der Waals surface area contributed by atoms with E-state index in [1.54, 1.807) is 6.08 Å². The summed E-state index contributed by atoms with van der Waals surface area (Å²) in [5.41, 5.74) is 0.924. The number of ether oxygens (including phenoxy) is 2. The van der Waals surface area contributed by atoms with Crippen LogP contribution in [-0.2, 0) is 23.9 Å². The zero-order chi connectivity index (χ0) is 16.2. The van der Waals surface area contributed by atoms with Gasteiger partial charge in [-0.2, -0.15) is 0 Å². The Morgan fingerprint density at radius 3 is 2.24 bits per heavy atom. The van der Waals surface area contributed by atoms with Gasteiger partial charge in [-0.25, -0.2) is 9.59 Å². The third-order valence-corrected chi connectivity index (χ3v) is 3.91. The Hall–Kier alpha value is -1.63. The highest BCUT2D eigenvalue weighted by molar-refractivity contribution is 9.09. The van der Waals surface area contributed by atoms with Crippen molar-refractivity contribution < 1.29 is 23.9 Å². The number of alkyl halides is 1. The largest absolute Gasteiger partial charge is 0.466 e. The normalized spacial score (nSPS) is 21.5. The van der Waals surface area contributed by atoms with Gasteiger partial charge >= 0.3 is 11.9 Å². The van der Waals surface area contributed by atoms with Crippen molar-refractivity contribution in [3.8, 4) is 0 Å². The summed E-state index contributed by atoms with van der Waals surface area (Å²) in [7, 11) is 2.47. The van der Waals surface area contributed by atoms with Gasteiger partial charge in [-0.3, -0.25) is 4.79 Å². The van der Waals surface area contributed by atoms with E-state index in [-0.39, 0.29) is 21.9 Å². The predicted octanol–water partition coefficient (Wildman–Crippen LogP) is 1.25. The van der Waals surface area contributed by atoms with E-state index in [9.17, 15) is 14.4 Å². The van der Waals surface area contributed by atoms with E-state index in [4.69, 9.17) is 9.47 Å². The molecule has 0 unspecified atom stereocenters. The first-order valence-electron chi connectivity index (χ1n) is 6.40. The van der Waals surface area contributed by atoms with Gasteiger partial charge in [0.05, 0.1) is 36.2 Å². The molecule has 0 aromatic carbocycles. The molecule has 0 saturated heterocycles. The molecule has 1 amide bonds. The van der Waals surface area contributed by atoms with Crippen LogP contribution in [0.4, 0.5) is 0 Å². The smallest absolute Gasteiger partial charge is 0.338 e. The van der Waals surface area contributed by atoms with Crippen LogP contribution in [0.2, 0.25) is 0 Å². The fourth-order valence-electron chi connectivity index (χ4n) is 2.21. The van der Waals surface area contributed by atoms with Crippen LogP contribution >= 0.6 is 15.9 Å². The fourth-order valence-corrected chi connectivity index (χ4v) is 2.92. The number of hydrogen-bond donors (Lipinski definition) is 1. The van der Waals surface area contributed by atoms with Gasteiger partial charge in [0, 0.05) is 6.92 Å². The minimum Gasteiger partial charge on any atom is -0.466 e. The summed E-state index contributed by atoms with van der Waals surface area (Å²) in [6.45, 7) is 3.20. The Kier molecular flexibility index (Phi) is 6.14. The van der Waals surface area contributed by atoms with E-state index in [1.807, 2.05) is 6.92 Å². The molecule has 0 radical (unpaired) electrons. The summed E-state index contributed by atoms with van der Waals surface area (Å²) in [6, 6.07) is -0.695. The second kappa shape index (κ2) is 7.40. The van der Waals surface area contributed by atoms with Gasteiger partial charge in [0.2, 0.25) is 5.91 Å². The Bertz CT molecular complexity index is 523. The number of halogens is 1. The topological polar surface area (TPSA) is 81.7 Å². The van der Waals surface area contributed by atoms with E-state index >= 15 is 0 Å². The molecule has 6 nitrogen and oxygen atoms in total. The van der Waals surface area contributed by atoms with Crippen molar-refractivity contribution in [2.75, 3.05) is 14.2 Å². The first kappa shape index (κ1) is 17.4. The third-order valence-electron chi connectivity index (χ3n) is 3.11. The number of hydrogen-bond acceptors (Lipinski definition) is 5. The number of esters is 2. The Morgan fingerprint density at radius 1 is 1.24 bits per heavy atom. The summed E-state index contributed by atoms with van der Waals surface area (Å²) in [6.07, 6.45) is 2.33. The molecule has 1 aliphatic carbocycles. The SMILES string of the molecule is CCC1=C[C@H](Br)[C@@H](NC(C)=O)C(C(=O)OC)=C1C(=O)OC. The molecule has 0 bridgehead atoms. The molecule has 1 aliphatic rings. The molecule has 7 heteroatoms. The van der Waals surface area contributed by atoms with Crippen LogP contribution in [0.3, 0.4) is 0 Å². The minimum absolute atomic E-state index is 0.0979. The van der Waals surface area contributed by atoms with E-state index < -0.39 is 18.0 Å². The molecule has 0 aromatic rings. The van der Waals surface area contributed by atoms with E-state index in [0.29, 0.717) is 12.0 Å². The lowest BCUT2D eigenvalue weighted by Gasteiger charge is -2.30. The lowest BCUT2D eigenvalue weighted by Crippen LogP contribution is -2.46. The molecule has 0 spiro atoms. The average Bonchev–Trinajstić information content (AvgIpc) is 2.46. The molecule has 2 atom stereocenters. The lowest BCUT2D eigenvalue weighted by atomic mass is 9.85. The zero-order valence-corrected chi connectivity index (χ0v) is 13.9. The van der Waals surface area contributed by atoms with Gasteiger partial charge in [0.15, 0.2) is 0 Å². The van der Waals surface area contributed by atoms with Gasteiger partial charge in [-0.05, 0) is 12.0 Å². The maximum Gasteiger partial charge on any atom is 0.338 e. The van der Waals surface area contributed by atoms with Crippen molar-refractivity contribution in [2.45, 2.75) is 31.1 Å². The Morgan fingerprint density at radius 2 is 1.81 bits per heavy atom. The summed E-state index contributed by atoms with van der Waals surface area (Å²) in [4.78, 5) is 35.2. The van der Waals surface area contributed by atoms with Gasteiger partial charge in [-0.15, -0.1) is 0 Å². The highest BCUT2D eigenvalue weighted by Gasteiger charge is 2.38. The molecule has 21 heavy (non-hydrogen) atoms. The molecule has 1 N–H and O–H groups in total. The van der Waals surface area contributed by atoms with Crippen LogP contribution < -0.4 is 5.32 Å². The van der Waals surface area contributed by atoms with Crippen LogP contribution in [-0.4, -0.2) is 42.9 Å². The van der Waals surface area contributed by atoms with Gasteiger partial charge in [0.25, 0.3) is 0 Å². The Labute approximate surface area is 131 Å². The number of amides is 1. The molecular weight excluding hydrogens is 342 g/mol. The minimum atomic E-state index is -0.695. The number of carbonyl (C=O) groups is 3. The van der Waals surface area contributed by atoms with Gasteiger partial charge in [0.1, 0.15) is 0 Å². The van der Waals surface area contributed by atoms with E-state index in [2.05, 4.69) is 21.2 Å². The predicted molar refractivity (Wildman–Crippen MR) is 79.8 cm³/mol. The molecule has 1 rings (SSSR count). The number of carbonyl (C=O) groups excluding carboxylic acids is 3. The standard InChI is InChI=1S/C14H18BrNO5/c1-5-8-6-9(15)12(16-7(2)17)11(14(19)21-4)10(8)13(18)20-3/h6,9,12H,5H2,1-4H3,(H,16,17)/t9-,12+/m0/s1. The van der Waals surface area contributed by atoms with Crippen LogP contribution in [0.5, 0.6) is 0 Å². The van der Waals surface area contributed by atoms with Crippen LogP contribution in [0.1, 0.15) is 20.3 Å².